The molecule has 1 atom stereocenters. The number of anilines is 1. The van der Waals surface area contributed by atoms with Gasteiger partial charge in [0, 0.05) is 18.8 Å². The first kappa shape index (κ1) is 11.9. The second-order valence-corrected chi connectivity index (χ2v) is 4.18. The van der Waals surface area contributed by atoms with Crippen LogP contribution >= 0.6 is 0 Å². The summed E-state index contributed by atoms with van der Waals surface area (Å²) in [4.78, 5) is 13.3. The van der Waals surface area contributed by atoms with Gasteiger partial charge in [0.1, 0.15) is 5.82 Å². The molecule has 0 saturated carbocycles. The maximum atomic E-state index is 12.9. The number of β-amino-alcohol motifs (C(OH)–C–C–N with tert-alkyl or cyclic N) is 1. The highest BCUT2D eigenvalue weighted by Gasteiger charge is 2.21. The third-order valence-electron chi connectivity index (χ3n) is 2.76. The maximum absolute atomic E-state index is 12.9. The highest BCUT2D eigenvalue weighted by molar-refractivity contribution is 5.89. The third-order valence-corrected chi connectivity index (χ3v) is 2.76. The van der Waals surface area contributed by atoms with Gasteiger partial charge >= 0.3 is 6.03 Å². The Hall–Kier alpha value is -1.62. The van der Waals surface area contributed by atoms with Crippen LogP contribution in [-0.4, -0.2) is 35.2 Å². The standard InChI is InChI=1S/C12H15FN2O2/c13-9-3-1-4-10(7-9)14-12(17)15-6-2-5-11(16)8-15/h1,3-4,7,11,16H,2,5-6,8H2,(H,14,17). The van der Waals surface area contributed by atoms with E-state index >= 15 is 0 Å². The number of likely N-dealkylation sites (tertiary alicyclic amines) is 1. The average Bonchev–Trinajstić information content (AvgIpc) is 2.29. The Morgan fingerprint density at radius 3 is 3.06 bits per heavy atom. The smallest absolute Gasteiger partial charge is 0.321 e. The zero-order chi connectivity index (χ0) is 12.3. The Morgan fingerprint density at radius 2 is 2.35 bits per heavy atom. The van der Waals surface area contributed by atoms with Crippen LogP contribution in [-0.2, 0) is 0 Å². The lowest BCUT2D eigenvalue weighted by Gasteiger charge is -2.30. The van der Waals surface area contributed by atoms with Gasteiger partial charge in [-0.05, 0) is 31.0 Å². The summed E-state index contributed by atoms with van der Waals surface area (Å²) in [5.41, 5.74) is 0.426. The predicted molar refractivity (Wildman–Crippen MR) is 62.2 cm³/mol. The molecule has 1 aromatic rings. The van der Waals surface area contributed by atoms with Crippen LogP contribution in [0.4, 0.5) is 14.9 Å². The number of urea groups is 1. The summed E-state index contributed by atoms with van der Waals surface area (Å²) in [5, 5.41) is 12.1. The molecule has 4 nitrogen and oxygen atoms in total. The Balaban J connectivity index is 1.96. The van der Waals surface area contributed by atoms with E-state index in [0.717, 1.165) is 12.8 Å². The summed E-state index contributed by atoms with van der Waals surface area (Å²) in [6.07, 6.45) is 1.06. The lowest BCUT2D eigenvalue weighted by atomic mass is 10.1. The van der Waals surface area contributed by atoms with E-state index in [0.29, 0.717) is 18.8 Å². The van der Waals surface area contributed by atoms with Crippen LogP contribution in [0.15, 0.2) is 24.3 Å². The fourth-order valence-electron chi connectivity index (χ4n) is 1.91. The molecule has 1 heterocycles. The fourth-order valence-corrected chi connectivity index (χ4v) is 1.91. The average molecular weight is 238 g/mol. The second kappa shape index (κ2) is 5.14. The first-order valence-electron chi connectivity index (χ1n) is 5.65. The quantitative estimate of drug-likeness (QED) is 0.784. The van der Waals surface area contributed by atoms with E-state index < -0.39 is 6.10 Å². The van der Waals surface area contributed by atoms with Gasteiger partial charge in [0.05, 0.1) is 6.10 Å². The molecule has 0 aliphatic carbocycles. The molecule has 2 rings (SSSR count). The van der Waals surface area contributed by atoms with E-state index in [1.165, 1.54) is 18.2 Å². The molecule has 1 saturated heterocycles. The summed E-state index contributed by atoms with van der Waals surface area (Å²) in [7, 11) is 0. The molecule has 0 bridgehead atoms. The third kappa shape index (κ3) is 3.17. The minimum atomic E-state index is -0.456. The van der Waals surface area contributed by atoms with E-state index in [1.54, 1.807) is 11.0 Å². The minimum absolute atomic E-state index is 0.297. The number of nitrogens with one attached hydrogen (secondary N) is 1. The van der Waals surface area contributed by atoms with Crippen LogP contribution in [0.5, 0.6) is 0 Å². The topological polar surface area (TPSA) is 52.6 Å². The second-order valence-electron chi connectivity index (χ2n) is 4.18. The number of amides is 2. The highest BCUT2D eigenvalue weighted by Crippen LogP contribution is 2.13. The van der Waals surface area contributed by atoms with Crippen LogP contribution in [0.3, 0.4) is 0 Å². The molecule has 0 spiro atoms. The number of carbonyl (C=O) groups is 1. The molecule has 1 aliphatic heterocycles. The molecule has 2 amide bonds. The minimum Gasteiger partial charge on any atom is -0.391 e. The number of benzene rings is 1. The fraction of sp³-hybridized carbons (Fsp3) is 0.417. The summed E-state index contributed by atoms with van der Waals surface area (Å²) >= 11 is 0. The Kier molecular flexibility index (Phi) is 3.58. The van der Waals surface area contributed by atoms with Crippen molar-refractivity contribution in [2.75, 3.05) is 18.4 Å². The van der Waals surface area contributed by atoms with Crippen molar-refractivity contribution < 1.29 is 14.3 Å². The molecule has 1 fully saturated rings. The van der Waals surface area contributed by atoms with Crippen molar-refractivity contribution in [3.05, 3.63) is 30.1 Å². The van der Waals surface area contributed by atoms with E-state index in [4.69, 9.17) is 0 Å². The number of halogens is 1. The lowest BCUT2D eigenvalue weighted by molar-refractivity contribution is 0.0883. The summed E-state index contributed by atoms with van der Waals surface area (Å²) in [6.45, 7) is 0.958. The van der Waals surface area contributed by atoms with Crippen LogP contribution in [0.25, 0.3) is 0 Å². The van der Waals surface area contributed by atoms with Gasteiger partial charge < -0.3 is 15.3 Å². The Labute approximate surface area is 99.0 Å². The number of nitrogens with zero attached hydrogens (tertiary/aromatic N) is 1. The van der Waals surface area contributed by atoms with Crippen molar-refractivity contribution >= 4 is 11.7 Å². The maximum Gasteiger partial charge on any atom is 0.321 e. The van der Waals surface area contributed by atoms with Crippen molar-refractivity contribution in [1.29, 1.82) is 0 Å². The lowest BCUT2D eigenvalue weighted by Crippen LogP contribution is -2.44. The molecule has 1 aromatic carbocycles. The summed E-state index contributed by atoms with van der Waals surface area (Å²) in [6, 6.07) is 5.45. The van der Waals surface area contributed by atoms with Crippen LogP contribution in [0, 0.1) is 5.82 Å². The zero-order valence-corrected chi connectivity index (χ0v) is 9.40. The molecule has 2 N–H and O–H groups in total. The first-order valence-corrected chi connectivity index (χ1v) is 5.65. The number of aliphatic hydroxyl groups excluding tert-OH is 1. The molecule has 17 heavy (non-hydrogen) atoms. The van der Waals surface area contributed by atoms with Gasteiger partial charge in [0.2, 0.25) is 0 Å². The number of rotatable bonds is 1. The van der Waals surface area contributed by atoms with Crippen LogP contribution in [0.2, 0.25) is 0 Å². The molecular formula is C12H15FN2O2. The number of hydrogen-bond donors (Lipinski definition) is 2. The monoisotopic (exact) mass is 238 g/mol. The van der Waals surface area contributed by atoms with Gasteiger partial charge in [0.25, 0.3) is 0 Å². The van der Waals surface area contributed by atoms with Crippen molar-refractivity contribution in [1.82, 2.24) is 4.90 Å². The normalized spacial score (nSPS) is 20.1. The Bertz CT molecular complexity index is 411. The molecule has 1 unspecified atom stereocenters. The van der Waals surface area contributed by atoms with E-state index in [9.17, 15) is 14.3 Å². The van der Waals surface area contributed by atoms with E-state index in [-0.39, 0.29) is 11.8 Å². The summed E-state index contributed by atoms with van der Waals surface area (Å²) in [5.74, 6) is -0.388. The van der Waals surface area contributed by atoms with Crippen molar-refractivity contribution in [3.8, 4) is 0 Å². The number of aliphatic hydroxyl groups is 1. The van der Waals surface area contributed by atoms with Gasteiger partial charge in [-0.1, -0.05) is 6.07 Å². The first-order chi connectivity index (χ1) is 8.15. The predicted octanol–water partition coefficient (Wildman–Crippen LogP) is 1.81. The SMILES string of the molecule is O=C(Nc1cccc(F)c1)N1CCCC(O)C1. The van der Waals surface area contributed by atoms with Crippen molar-refractivity contribution in [3.63, 3.8) is 0 Å². The van der Waals surface area contributed by atoms with Crippen molar-refractivity contribution in [2.24, 2.45) is 0 Å². The largest absolute Gasteiger partial charge is 0.391 e. The van der Waals surface area contributed by atoms with Gasteiger partial charge in [-0.3, -0.25) is 0 Å². The number of piperidine rings is 1. The van der Waals surface area contributed by atoms with Crippen LogP contribution in [0.1, 0.15) is 12.8 Å². The van der Waals surface area contributed by atoms with Gasteiger partial charge in [-0.2, -0.15) is 0 Å². The van der Waals surface area contributed by atoms with Gasteiger partial charge in [-0.15, -0.1) is 0 Å². The molecule has 0 radical (unpaired) electrons. The van der Waals surface area contributed by atoms with Gasteiger partial charge in [0.15, 0.2) is 0 Å². The van der Waals surface area contributed by atoms with Gasteiger partial charge in [-0.25, -0.2) is 9.18 Å². The van der Waals surface area contributed by atoms with Crippen molar-refractivity contribution in [2.45, 2.75) is 18.9 Å². The Morgan fingerprint density at radius 1 is 1.53 bits per heavy atom. The molecule has 5 heteroatoms. The molecule has 0 aromatic heterocycles. The molecular weight excluding hydrogens is 223 g/mol. The van der Waals surface area contributed by atoms with E-state index in [1.807, 2.05) is 0 Å². The summed E-state index contributed by atoms with van der Waals surface area (Å²) < 4.78 is 12.9. The highest BCUT2D eigenvalue weighted by atomic mass is 19.1. The van der Waals surface area contributed by atoms with Crippen LogP contribution < -0.4 is 5.32 Å². The number of hydrogen-bond acceptors (Lipinski definition) is 2. The molecule has 1 aliphatic rings. The zero-order valence-electron chi connectivity index (χ0n) is 9.40. The molecule has 92 valence electrons. The van der Waals surface area contributed by atoms with E-state index in [2.05, 4.69) is 5.32 Å². The number of carbonyl (C=O) groups excluding carboxylic acids is 1.